The van der Waals surface area contributed by atoms with E-state index < -0.39 is 0 Å². The summed E-state index contributed by atoms with van der Waals surface area (Å²) in [4.78, 5) is 0. The van der Waals surface area contributed by atoms with Crippen molar-refractivity contribution in [1.82, 2.24) is 15.1 Å². The minimum Gasteiger partial charge on any atom is -0.454 e. The van der Waals surface area contributed by atoms with Crippen molar-refractivity contribution in [2.45, 2.75) is 19.0 Å². The van der Waals surface area contributed by atoms with Gasteiger partial charge in [-0.05, 0) is 31.5 Å². The summed E-state index contributed by atoms with van der Waals surface area (Å²) in [5, 5.41) is 7.72. The van der Waals surface area contributed by atoms with Gasteiger partial charge in [0.2, 0.25) is 0 Å². The monoisotopic (exact) mass is 229 g/mol. The normalized spacial score (nSPS) is 19.4. The van der Waals surface area contributed by atoms with Gasteiger partial charge in [0.15, 0.2) is 5.75 Å². The second kappa shape index (κ2) is 4.59. The molecule has 1 unspecified atom stereocenters. The van der Waals surface area contributed by atoms with E-state index in [1.54, 1.807) is 6.20 Å². The Hall–Kier alpha value is -1.81. The molecule has 1 aromatic heterocycles. The first-order chi connectivity index (χ1) is 8.42. The molecule has 0 radical (unpaired) electrons. The minimum atomic E-state index is 0.322. The third-order valence-corrected chi connectivity index (χ3v) is 2.91. The van der Waals surface area contributed by atoms with Gasteiger partial charge in [0.05, 0.1) is 12.4 Å². The Bertz CT molecular complexity index is 474. The highest BCUT2D eigenvalue weighted by Gasteiger charge is 2.16. The molecule has 4 heteroatoms. The predicted molar refractivity (Wildman–Crippen MR) is 65.0 cm³/mol. The summed E-state index contributed by atoms with van der Waals surface area (Å²) >= 11 is 0. The fraction of sp³-hybridized carbons (Fsp3) is 0.308. The SMILES string of the molecule is c1ccc(Oc2cnn(C3CCCN3)c2)cc1. The molecule has 1 fully saturated rings. The second-order valence-corrected chi connectivity index (χ2v) is 4.18. The van der Waals surface area contributed by atoms with Crippen LogP contribution in [0, 0.1) is 0 Å². The summed E-state index contributed by atoms with van der Waals surface area (Å²) in [5.74, 6) is 1.62. The van der Waals surface area contributed by atoms with E-state index in [1.165, 1.54) is 6.42 Å². The highest BCUT2D eigenvalue weighted by molar-refractivity contribution is 5.27. The van der Waals surface area contributed by atoms with E-state index in [-0.39, 0.29) is 0 Å². The van der Waals surface area contributed by atoms with E-state index in [2.05, 4.69) is 10.4 Å². The van der Waals surface area contributed by atoms with Crippen molar-refractivity contribution in [1.29, 1.82) is 0 Å². The van der Waals surface area contributed by atoms with Crippen LogP contribution in [0.4, 0.5) is 0 Å². The highest BCUT2D eigenvalue weighted by Crippen LogP contribution is 2.23. The average Bonchev–Trinajstić information content (AvgIpc) is 3.00. The van der Waals surface area contributed by atoms with Crippen LogP contribution in [0.5, 0.6) is 11.5 Å². The number of hydrogen-bond donors (Lipinski definition) is 1. The lowest BCUT2D eigenvalue weighted by Crippen LogP contribution is -2.19. The smallest absolute Gasteiger partial charge is 0.165 e. The van der Waals surface area contributed by atoms with Crippen LogP contribution in [-0.2, 0) is 0 Å². The minimum absolute atomic E-state index is 0.322. The van der Waals surface area contributed by atoms with Crippen molar-refractivity contribution in [3.8, 4) is 11.5 Å². The van der Waals surface area contributed by atoms with Crippen molar-refractivity contribution in [3.05, 3.63) is 42.7 Å². The number of ether oxygens (including phenoxy) is 1. The molecule has 1 N–H and O–H groups in total. The van der Waals surface area contributed by atoms with E-state index in [0.29, 0.717) is 6.17 Å². The van der Waals surface area contributed by atoms with Crippen LogP contribution in [0.2, 0.25) is 0 Å². The Morgan fingerprint density at radius 2 is 2.12 bits per heavy atom. The molecule has 0 aliphatic carbocycles. The fourth-order valence-corrected chi connectivity index (χ4v) is 2.06. The molecule has 4 nitrogen and oxygen atoms in total. The maximum Gasteiger partial charge on any atom is 0.165 e. The van der Waals surface area contributed by atoms with Crippen LogP contribution in [-0.4, -0.2) is 16.3 Å². The number of para-hydroxylation sites is 1. The quantitative estimate of drug-likeness (QED) is 0.879. The summed E-state index contributed by atoms with van der Waals surface area (Å²) in [6.07, 6.45) is 6.36. The lowest BCUT2D eigenvalue weighted by Gasteiger charge is -2.09. The van der Waals surface area contributed by atoms with Gasteiger partial charge in [-0.25, -0.2) is 0 Å². The zero-order chi connectivity index (χ0) is 11.5. The lowest BCUT2D eigenvalue weighted by molar-refractivity contribution is 0.421. The Balaban J connectivity index is 1.72. The van der Waals surface area contributed by atoms with E-state index in [9.17, 15) is 0 Å². The Labute approximate surface area is 100 Å². The van der Waals surface area contributed by atoms with Gasteiger partial charge in [-0.2, -0.15) is 5.10 Å². The molecule has 1 saturated heterocycles. The van der Waals surface area contributed by atoms with Gasteiger partial charge in [-0.3, -0.25) is 10.00 Å². The van der Waals surface area contributed by atoms with Crippen LogP contribution in [0.15, 0.2) is 42.7 Å². The van der Waals surface area contributed by atoms with Gasteiger partial charge < -0.3 is 4.74 Å². The largest absolute Gasteiger partial charge is 0.454 e. The van der Waals surface area contributed by atoms with Crippen LogP contribution in [0.1, 0.15) is 19.0 Å². The van der Waals surface area contributed by atoms with Crippen LogP contribution >= 0.6 is 0 Å². The van der Waals surface area contributed by atoms with Crippen LogP contribution in [0.3, 0.4) is 0 Å². The average molecular weight is 229 g/mol. The van der Waals surface area contributed by atoms with E-state index >= 15 is 0 Å². The number of hydrogen-bond acceptors (Lipinski definition) is 3. The Kier molecular flexibility index (Phi) is 2.80. The molecule has 2 heterocycles. The van der Waals surface area contributed by atoms with Crippen molar-refractivity contribution >= 4 is 0 Å². The van der Waals surface area contributed by atoms with Gasteiger partial charge >= 0.3 is 0 Å². The summed E-state index contributed by atoms with van der Waals surface area (Å²) in [6.45, 7) is 1.07. The summed E-state index contributed by atoms with van der Waals surface area (Å²) < 4.78 is 7.64. The molecule has 1 aromatic carbocycles. The molecule has 3 rings (SSSR count). The van der Waals surface area contributed by atoms with Crippen molar-refractivity contribution in [2.75, 3.05) is 6.54 Å². The molecule has 1 atom stereocenters. The number of aromatic nitrogens is 2. The molecule has 17 heavy (non-hydrogen) atoms. The first kappa shape index (κ1) is 10.4. The molecule has 0 spiro atoms. The van der Waals surface area contributed by atoms with Crippen molar-refractivity contribution < 1.29 is 4.74 Å². The first-order valence-electron chi connectivity index (χ1n) is 5.92. The Morgan fingerprint density at radius 1 is 1.24 bits per heavy atom. The number of benzene rings is 1. The van der Waals surface area contributed by atoms with Gasteiger partial charge in [-0.1, -0.05) is 18.2 Å². The number of rotatable bonds is 3. The van der Waals surface area contributed by atoms with Gasteiger partial charge in [0.25, 0.3) is 0 Å². The molecule has 88 valence electrons. The van der Waals surface area contributed by atoms with Crippen molar-refractivity contribution in [2.24, 2.45) is 0 Å². The number of nitrogens with zero attached hydrogens (tertiary/aromatic N) is 2. The topological polar surface area (TPSA) is 39.1 Å². The van der Waals surface area contributed by atoms with Crippen LogP contribution < -0.4 is 10.1 Å². The molecule has 0 bridgehead atoms. The van der Waals surface area contributed by atoms with Gasteiger partial charge in [0, 0.05) is 0 Å². The first-order valence-corrected chi connectivity index (χ1v) is 5.92. The zero-order valence-corrected chi connectivity index (χ0v) is 9.54. The predicted octanol–water partition coefficient (Wildman–Crippen LogP) is 2.56. The lowest BCUT2D eigenvalue weighted by atomic mass is 10.3. The molecular weight excluding hydrogens is 214 g/mol. The molecule has 1 aliphatic heterocycles. The maximum absolute atomic E-state index is 5.71. The van der Waals surface area contributed by atoms with Crippen LogP contribution in [0.25, 0.3) is 0 Å². The van der Waals surface area contributed by atoms with Gasteiger partial charge in [-0.15, -0.1) is 0 Å². The van der Waals surface area contributed by atoms with Crippen molar-refractivity contribution in [3.63, 3.8) is 0 Å². The Morgan fingerprint density at radius 3 is 2.88 bits per heavy atom. The van der Waals surface area contributed by atoms with E-state index in [0.717, 1.165) is 24.5 Å². The molecule has 0 saturated carbocycles. The molecule has 1 aliphatic rings. The van der Waals surface area contributed by atoms with E-state index in [4.69, 9.17) is 4.74 Å². The highest BCUT2D eigenvalue weighted by atomic mass is 16.5. The third kappa shape index (κ3) is 2.31. The summed E-state index contributed by atoms with van der Waals surface area (Å²) in [7, 11) is 0. The summed E-state index contributed by atoms with van der Waals surface area (Å²) in [6, 6.07) is 9.76. The zero-order valence-electron chi connectivity index (χ0n) is 9.54. The second-order valence-electron chi connectivity index (χ2n) is 4.18. The molecule has 2 aromatic rings. The summed E-state index contributed by atoms with van der Waals surface area (Å²) in [5.41, 5.74) is 0. The third-order valence-electron chi connectivity index (χ3n) is 2.91. The van der Waals surface area contributed by atoms with Gasteiger partial charge in [0.1, 0.15) is 11.9 Å². The molecular formula is C13H15N3O. The fourth-order valence-electron chi connectivity index (χ4n) is 2.06. The molecule has 0 amide bonds. The standard InChI is InChI=1S/C13H15N3O/c1-2-5-11(6-3-1)17-12-9-15-16(10-12)13-7-4-8-14-13/h1-3,5-6,9-10,13-14H,4,7-8H2. The maximum atomic E-state index is 5.71. The van der Waals surface area contributed by atoms with E-state index in [1.807, 2.05) is 41.2 Å². The number of nitrogens with one attached hydrogen (secondary N) is 1.